The van der Waals surface area contributed by atoms with Gasteiger partial charge in [0.2, 0.25) is 0 Å². The molecule has 0 aromatic heterocycles. The topological polar surface area (TPSA) is 77.0 Å². The maximum Gasteiger partial charge on any atom is 0.416 e. The number of hydrogen-bond acceptors (Lipinski definition) is 5. The zero-order valence-corrected chi connectivity index (χ0v) is 22.0. The maximum atomic E-state index is 12.4. The van der Waals surface area contributed by atoms with E-state index in [2.05, 4.69) is 10.3 Å². The summed E-state index contributed by atoms with van der Waals surface area (Å²) in [5, 5.41) is 2.74. The molecule has 6 nitrogen and oxygen atoms in total. The number of benzene rings is 2. The van der Waals surface area contributed by atoms with Gasteiger partial charge in [-0.2, -0.15) is 13.2 Å². The van der Waals surface area contributed by atoms with Gasteiger partial charge in [-0.25, -0.2) is 4.79 Å². The number of hydrogen-bond donors (Lipinski definition) is 1. The molecule has 1 amide bonds. The molecule has 1 atom stereocenters. The van der Waals surface area contributed by atoms with Crippen molar-refractivity contribution in [3.8, 4) is 0 Å². The van der Waals surface area contributed by atoms with Crippen LogP contribution in [0, 0.1) is 6.92 Å². The Kier molecular flexibility index (Phi) is 10.7. The van der Waals surface area contributed by atoms with Crippen molar-refractivity contribution in [3.63, 3.8) is 0 Å². The molecule has 0 heterocycles. The predicted molar refractivity (Wildman–Crippen MR) is 136 cm³/mol. The summed E-state index contributed by atoms with van der Waals surface area (Å²) in [5.74, 6) is -0.454. The van der Waals surface area contributed by atoms with Gasteiger partial charge >= 0.3 is 18.2 Å². The molecule has 0 aliphatic carbocycles. The van der Waals surface area contributed by atoms with Crippen molar-refractivity contribution in [2.24, 2.45) is 4.99 Å². The third-order valence-corrected chi connectivity index (χ3v) is 5.41. The summed E-state index contributed by atoms with van der Waals surface area (Å²) in [7, 11) is 2.96. The number of rotatable bonds is 5. The molecular formula is C27H35F3N2O4. The SMILES string of the molecule is CCC(C)(C(=O)OC)c1ccc(C(F)(F)F)cc1.CN=Cc1c(C)cccc1NC(=O)OC(C)(C)C. The molecule has 2 aromatic rings. The number of alkyl halides is 3. The number of nitrogens with zero attached hydrogens (tertiary/aromatic N) is 1. The van der Waals surface area contributed by atoms with E-state index in [-0.39, 0.29) is 0 Å². The molecule has 0 fully saturated rings. The molecule has 0 spiro atoms. The Morgan fingerprint density at radius 2 is 1.56 bits per heavy atom. The minimum absolute atomic E-state index is 0.449. The summed E-state index contributed by atoms with van der Waals surface area (Å²) in [5.41, 5.74) is 1.01. The number of aryl methyl sites for hydroxylation is 1. The number of methoxy groups -OCH3 is 1. The van der Waals surface area contributed by atoms with Crippen molar-refractivity contribution < 1.29 is 32.2 Å². The number of amides is 1. The van der Waals surface area contributed by atoms with Crippen molar-refractivity contribution in [3.05, 3.63) is 64.7 Å². The molecular weight excluding hydrogens is 473 g/mol. The Morgan fingerprint density at radius 3 is 2.00 bits per heavy atom. The fraction of sp³-hybridized carbons (Fsp3) is 0.444. The van der Waals surface area contributed by atoms with Crippen LogP contribution in [0.1, 0.15) is 63.3 Å². The van der Waals surface area contributed by atoms with Crippen LogP contribution in [-0.2, 0) is 25.9 Å². The molecule has 9 heteroatoms. The summed E-state index contributed by atoms with van der Waals surface area (Å²) in [6.07, 6.45) is -2.65. The van der Waals surface area contributed by atoms with Gasteiger partial charge in [0, 0.05) is 18.8 Å². The molecule has 2 rings (SSSR count). The normalized spacial score (nSPS) is 13.3. The van der Waals surface area contributed by atoms with Crippen LogP contribution in [0.2, 0.25) is 0 Å². The van der Waals surface area contributed by atoms with Gasteiger partial charge in [-0.3, -0.25) is 15.1 Å². The molecule has 0 bridgehead atoms. The van der Waals surface area contributed by atoms with Crippen LogP contribution in [0.25, 0.3) is 0 Å². The van der Waals surface area contributed by atoms with E-state index in [0.29, 0.717) is 17.7 Å². The number of nitrogens with one attached hydrogen (secondary N) is 1. The molecule has 198 valence electrons. The lowest BCUT2D eigenvalue weighted by atomic mass is 9.80. The number of esters is 1. The number of carbonyl (C=O) groups is 2. The minimum Gasteiger partial charge on any atom is -0.468 e. The molecule has 1 N–H and O–H groups in total. The quantitative estimate of drug-likeness (QED) is 0.351. The van der Waals surface area contributed by atoms with Crippen molar-refractivity contribution in [2.45, 2.75) is 65.2 Å². The van der Waals surface area contributed by atoms with E-state index >= 15 is 0 Å². The van der Waals surface area contributed by atoms with Crippen LogP contribution < -0.4 is 5.32 Å². The Balaban J connectivity index is 0.000000360. The summed E-state index contributed by atoms with van der Waals surface area (Å²) in [6, 6.07) is 10.3. The highest BCUT2D eigenvalue weighted by molar-refractivity contribution is 5.96. The van der Waals surface area contributed by atoms with Crippen molar-refractivity contribution in [1.29, 1.82) is 0 Å². The number of halogens is 3. The van der Waals surface area contributed by atoms with Crippen LogP contribution in [0.5, 0.6) is 0 Å². The van der Waals surface area contributed by atoms with E-state index in [1.54, 1.807) is 27.1 Å². The van der Waals surface area contributed by atoms with Crippen LogP contribution in [0.3, 0.4) is 0 Å². The Morgan fingerprint density at radius 1 is 1.00 bits per heavy atom. The van der Waals surface area contributed by atoms with Crippen molar-refractivity contribution >= 4 is 24.0 Å². The van der Waals surface area contributed by atoms with Gasteiger partial charge in [-0.1, -0.05) is 31.2 Å². The number of aliphatic imine (C=N–C) groups is 1. The van der Waals surface area contributed by atoms with E-state index in [4.69, 9.17) is 9.47 Å². The van der Waals surface area contributed by atoms with Crippen molar-refractivity contribution in [1.82, 2.24) is 0 Å². The highest BCUT2D eigenvalue weighted by Crippen LogP contribution is 2.33. The van der Waals surface area contributed by atoms with E-state index in [0.717, 1.165) is 23.3 Å². The lowest BCUT2D eigenvalue weighted by Crippen LogP contribution is -2.33. The van der Waals surface area contributed by atoms with Crippen LogP contribution in [-0.4, -0.2) is 38.0 Å². The van der Waals surface area contributed by atoms with Crippen LogP contribution >= 0.6 is 0 Å². The van der Waals surface area contributed by atoms with E-state index < -0.39 is 34.8 Å². The Labute approximate surface area is 210 Å². The maximum absolute atomic E-state index is 12.4. The first kappa shape index (κ1) is 30.7. The highest BCUT2D eigenvalue weighted by Gasteiger charge is 2.36. The van der Waals surface area contributed by atoms with E-state index in [9.17, 15) is 22.8 Å². The van der Waals surface area contributed by atoms with E-state index in [1.807, 2.05) is 45.9 Å². The molecule has 1 unspecified atom stereocenters. The average Bonchev–Trinajstić information content (AvgIpc) is 2.79. The Hall–Kier alpha value is -3.36. The monoisotopic (exact) mass is 508 g/mol. The average molecular weight is 509 g/mol. The summed E-state index contributed by atoms with van der Waals surface area (Å²) < 4.78 is 47.2. The zero-order valence-electron chi connectivity index (χ0n) is 22.0. The fourth-order valence-electron chi connectivity index (χ4n) is 3.22. The van der Waals surface area contributed by atoms with Crippen LogP contribution in [0.15, 0.2) is 47.5 Å². The predicted octanol–water partition coefficient (Wildman–Crippen LogP) is 6.94. The number of ether oxygens (including phenoxy) is 2. The summed E-state index contributed by atoms with van der Waals surface area (Å²) >= 11 is 0. The van der Waals surface area contributed by atoms with Gasteiger partial charge in [-0.05, 0) is 70.4 Å². The second kappa shape index (κ2) is 12.6. The summed E-state index contributed by atoms with van der Waals surface area (Å²) in [6.45, 7) is 10.9. The third-order valence-electron chi connectivity index (χ3n) is 5.41. The number of anilines is 1. The first-order valence-corrected chi connectivity index (χ1v) is 11.4. The lowest BCUT2D eigenvalue weighted by molar-refractivity contribution is -0.147. The highest BCUT2D eigenvalue weighted by atomic mass is 19.4. The van der Waals surface area contributed by atoms with Gasteiger partial charge < -0.3 is 9.47 Å². The number of carbonyl (C=O) groups excluding carboxylic acids is 2. The third kappa shape index (κ3) is 8.70. The van der Waals surface area contributed by atoms with Gasteiger partial charge in [0.05, 0.1) is 23.8 Å². The molecule has 0 aliphatic heterocycles. The lowest BCUT2D eigenvalue weighted by Gasteiger charge is -2.25. The molecule has 2 aromatic carbocycles. The molecule has 0 aliphatic rings. The molecule has 0 saturated heterocycles. The standard InChI is InChI=1S/C14H20N2O2.C13H15F3O2/c1-10-7-6-8-12(11(10)9-15-5)16-13(17)18-14(2,3)4;1-4-12(2,11(17)18-3)9-5-7-10(8-6-9)13(14,15)16/h6-9H,1-5H3,(H,16,17);5-8H,4H2,1-3H3. The second-order valence-corrected chi connectivity index (χ2v) is 9.30. The first-order valence-electron chi connectivity index (χ1n) is 11.4. The first-order chi connectivity index (χ1) is 16.6. The van der Waals surface area contributed by atoms with E-state index in [1.165, 1.54) is 19.2 Å². The van der Waals surface area contributed by atoms with Gasteiger partial charge in [0.25, 0.3) is 0 Å². The summed E-state index contributed by atoms with van der Waals surface area (Å²) in [4.78, 5) is 27.4. The van der Waals surface area contributed by atoms with Gasteiger partial charge in [0.15, 0.2) is 0 Å². The van der Waals surface area contributed by atoms with Gasteiger partial charge in [-0.15, -0.1) is 0 Å². The van der Waals surface area contributed by atoms with Gasteiger partial charge in [0.1, 0.15) is 5.60 Å². The van der Waals surface area contributed by atoms with Crippen molar-refractivity contribution in [2.75, 3.05) is 19.5 Å². The molecule has 0 radical (unpaired) electrons. The Bertz CT molecular complexity index is 1060. The smallest absolute Gasteiger partial charge is 0.416 e. The van der Waals surface area contributed by atoms with Crippen LogP contribution in [0.4, 0.5) is 23.7 Å². The molecule has 36 heavy (non-hydrogen) atoms. The minimum atomic E-state index is -4.37. The molecule has 0 saturated carbocycles. The largest absolute Gasteiger partial charge is 0.468 e. The fourth-order valence-corrected chi connectivity index (χ4v) is 3.22. The zero-order chi connectivity index (χ0) is 27.7. The second-order valence-electron chi connectivity index (χ2n) is 9.30.